The number of rotatable bonds is 6. The van der Waals surface area contributed by atoms with Crippen molar-refractivity contribution in [2.24, 2.45) is 0 Å². The summed E-state index contributed by atoms with van der Waals surface area (Å²) in [6.07, 6.45) is -4.30. The van der Waals surface area contributed by atoms with Crippen LogP contribution in [0.3, 0.4) is 0 Å². The van der Waals surface area contributed by atoms with Crippen LogP contribution < -0.4 is 10.1 Å². The maximum atomic E-state index is 12.1. The van der Waals surface area contributed by atoms with E-state index in [0.717, 1.165) is 22.4 Å². The predicted molar refractivity (Wildman–Crippen MR) is 71.1 cm³/mol. The molecule has 0 aliphatic carbocycles. The largest absolute Gasteiger partial charge is 0.496 e. The number of nitrogens with one attached hydrogen (secondary N) is 1. The Hall–Kier alpha value is -1.27. The minimum absolute atomic E-state index is 0.0391. The van der Waals surface area contributed by atoms with E-state index in [1.807, 2.05) is 26.0 Å². The predicted octanol–water partition coefficient (Wildman–Crippen LogP) is 3.15. The molecule has 0 bridgehead atoms. The summed E-state index contributed by atoms with van der Waals surface area (Å²) in [5.74, 6) is 0.761. The standard InChI is InChI=1S/C14H20F3NO2/c1-9-6-13(19-4)10(2)5-11(9)12(18-3)7-20-8-14(15,16)17/h5-6,12,18H,7-8H2,1-4H3. The lowest BCUT2D eigenvalue weighted by Crippen LogP contribution is -2.26. The zero-order valence-electron chi connectivity index (χ0n) is 12.1. The Balaban J connectivity index is 2.82. The molecular formula is C14H20F3NO2. The maximum Gasteiger partial charge on any atom is 0.411 e. The number of aryl methyl sites for hydroxylation is 2. The van der Waals surface area contributed by atoms with Gasteiger partial charge in [-0.15, -0.1) is 0 Å². The van der Waals surface area contributed by atoms with Gasteiger partial charge < -0.3 is 14.8 Å². The molecule has 1 N–H and O–H groups in total. The van der Waals surface area contributed by atoms with Crippen molar-refractivity contribution < 1.29 is 22.6 Å². The summed E-state index contributed by atoms with van der Waals surface area (Å²) < 4.78 is 46.2. The Bertz CT molecular complexity index is 447. The molecule has 0 saturated carbocycles. The van der Waals surface area contributed by atoms with Crippen LogP contribution in [-0.2, 0) is 4.74 Å². The summed E-state index contributed by atoms with van der Waals surface area (Å²) in [5.41, 5.74) is 2.79. The summed E-state index contributed by atoms with van der Waals surface area (Å²) in [5, 5.41) is 2.98. The van der Waals surface area contributed by atoms with Gasteiger partial charge in [0.25, 0.3) is 0 Å². The lowest BCUT2D eigenvalue weighted by atomic mass is 9.98. The van der Waals surface area contributed by atoms with E-state index < -0.39 is 12.8 Å². The van der Waals surface area contributed by atoms with Gasteiger partial charge in [0, 0.05) is 0 Å². The Kier molecular flexibility index (Phi) is 5.83. The van der Waals surface area contributed by atoms with Crippen LogP contribution in [0.4, 0.5) is 13.2 Å². The van der Waals surface area contributed by atoms with E-state index in [1.54, 1.807) is 14.2 Å². The smallest absolute Gasteiger partial charge is 0.411 e. The van der Waals surface area contributed by atoms with Gasteiger partial charge in [-0.2, -0.15) is 13.2 Å². The summed E-state index contributed by atoms with van der Waals surface area (Å²) in [6.45, 7) is 2.51. The molecule has 0 heterocycles. The summed E-state index contributed by atoms with van der Waals surface area (Å²) >= 11 is 0. The number of ether oxygens (including phenoxy) is 2. The van der Waals surface area contributed by atoms with Crippen molar-refractivity contribution in [1.82, 2.24) is 5.32 Å². The van der Waals surface area contributed by atoms with Crippen molar-refractivity contribution in [2.75, 3.05) is 27.4 Å². The highest BCUT2D eigenvalue weighted by Crippen LogP contribution is 2.27. The summed E-state index contributed by atoms with van der Waals surface area (Å²) in [6, 6.07) is 3.49. The lowest BCUT2D eigenvalue weighted by molar-refractivity contribution is -0.175. The van der Waals surface area contributed by atoms with Gasteiger partial charge in [0.2, 0.25) is 0 Å². The molecule has 1 atom stereocenters. The molecule has 0 aromatic heterocycles. The second-order valence-corrected chi connectivity index (χ2v) is 4.65. The highest BCUT2D eigenvalue weighted by Gasteiger charge is 2.28. The number of alkyl halides is 3. The van der Waals surface area contributed by atoms with Crippen LogP contribution in [0.15, 0.2) is 12.1 Å². The van der Waals surface area contributed by atoms with Crippen LogP contribution >= 0.6 is 0 Å². The van der Waals surface area contributed by atoms with Crippen molar-refractivity contribution in [3.05, 3.63) is 28.8 Å². The molecule has 0 aliphatic rings. The van der Waals surface area contributed by atoms with Crippen molar-refractivity contribution in [2.45, 2.75) is 26.1 Å². The third-order valence-corrected chi connectivity index (χ3v) is 3.06. The molecule has 3 nitrogen and oxygen atoms in total. The zero-order chi connectivity index (χ0) is 15.3. The minimum atomic E-state index is -4.30. The molecule has 1 aromatic rings. The van der Waals surface area contributed by atoms with Crippen LogP contribution in [0.5, 0.6) is 5.75 Å². The number of halogens is 3. The fourth-order valence-electron chi connectivity index (χ4n) is 2.03. The molecule has 1 unspecified atom stereocenters. The summed E-state index contributed by atoms with van der Waals surface area (Å²) in [7, 11) is 3.28. The van der Waals surface area contributed by atoms with E-state index in [0.29, 0.717) is 0 Å². The first-order valence-electron chi connectivity index (χ1n) is 6.25. The molecule has 114 valence electrons. The molecule has 6 heteroatoms. The van der Waals surface area contributed by atoms with E-state index >= 15 is 0 Å². The second-order valence-electron chi connectivity index (χ2n) is 4.65. The Labute approximate surface area is 117 Å². The fourth-order valence-corrected chi connectivity index (χ4v) is 2.03. The van der Waals surface area contributed by atoms with Crippen molar-refractivity contribution >= 4 is 0 Å². The van der Waals surface area contributed by atoms with E-state index in [4.69, 9.17) is 9.47 Å². The number of benzene rings is 1. The molecule has 20 heavy (non-hydrogen) atoms. The molecular weight excluding hydrogens is 271 g/mol. The van der Waals surface area contributed by atoms with Gasteiger partial charge >= 0.3 is 6.18 Å². The monoisotopic (exact) mass is 291 g/mol. The van der Waals surface area contributed by atoms with Crippen molar-refractivity contribution in [3.8, 4) is 5.75 Å². The average Bonchev–Trinajstić information content (AvgIpc) is 2.36. The number of hydrogen-bond donors (Lipinski definition) is 1. The molecule has 1 aromatic carbocycles. The van der Waals surface area contributed by atoms with Crippen LogP contribution in [0.1, 0.15) is 22.7 Å². The van der Waals surface area contributed by atoms with Gasteiger partial charge in [-0.3, -0.25) is 0 Å². The third-order valence-electron chi connectivity index (χ3n) is 3.06. The van der Waals surface area contributed by atoms with E-state index in [9.17, 15) is 13.2 Å². The lowest BCUT2D eigenvalue weighted by Gasteiger charge is -2.21. The van der Waals surface area contributed by atoms with Gasteiger partial charge in [-0.05, 0) is 43.7 Å². The molecule has 0 fully saturated rings. The quantitative estimate of drug-likeness (QED) is 0.873. The van der Waals surface area contributed by atoms with Gasteiger partial charge in [-0.25, -0.2) is 0 Å². The van der Waals surface area contributed by atoms with Crippen LogP contribution in [0, 0.1) is 13.8 Å². The van der Waals surface area contributed by atoms with Crippen molar-refractivity contribution in [1.29, 1.82) is 0 Å². The molecule has 0 spiro atoms. The maximum absolute atomic E-state index is 12.1. The first-order chi connectivity index (χ1) is 9.28. The number of hydrogen-bond acceptors (Lipinski definition) is 3. The Morgan fingerprint density at radius 3 is 2.35 bits per heavy atom. The van der Waals surface area contributed by atoms with Crippen LogP contribution in [0.25, 0.3) is 0 Å². The van der Waals surface area contributed by atoms with Gasteiger partial charge in [-0.1, -0.05) is 6.07 Å². The van der Waals surface area contributed by atoms with Crippen molar-refractivity contribution in [3.63, 3.8) is 0 Å². The van der Waals surface area contributed by atoms with Crippen LogP contribution in [-0.4, -0.2) is 33.5 Å². The zero-order valence-corrected chi connectivity index (χ0v) is 12.1. The fraction of sp³-hybridized carbons (Fsp3) is 0.571. The van der Waals surface area contributed by atoms with E-state index in [1.165, 1.54) is 0 Å². The molecule has 0 radical (unpaired) electrons. The number of likely N-dealkylation sites (N-methyl/N-ethyl adjacent to an activating group) is 1. The first-order valence-corrected chi connectivity index (χ1v) is 6.25. The molecule has 1 rings (SSSR count). The van der Waals surface area contributed by atoms with Gasteiger partial charge in [0.1, 0.15) is 12.4 Å². The topological polar surface area (TPSA) is 30.5 Å². The SMILES string of the molecule is CNC(COCC(F)(F)F)c1cc(C)c(OC)cc1C. The van der Waals surface area contributed by atoms with E-state index in [2.05, 4.69) is 5.32 Å². The summed E-state index contributed by atoms with van der Waals surface area (Å²) in [4.78, 5) is 0. The first kappa shape index (κ1) is 16.8. The second kappa shape index (κ2) is 6.95. The Morgan fingerprint density at radius 2 is 1.85 bits per heavy atom. The molecule has 0 aliphatic heterocycles. The highest BCUT2D eigenvalue weighted by molar-refractivity contribution is 5.42. The Morgan fingerprint density at radius 1 is 1.20 bits per heavy atom. The molecule has 0 amide bonds. The third kappa shape index (κ3) is 4.68. The molecule has 0 saturated heterocycles. The normalized spacial score (nSPS) is 13.3. The van der Waals surface area contributed by atoms with E-state index in [-0.39, 0.29) is 12.6 Å². The van der Waals surface area contributed by atoms with Gasteiger partial charge in [0.05, 0.1) is 19.8 Å². The highest BCUT2D eigenvalue weighted by atomic mass is 19.4. The minimum Gasteiger partial charge on any atom is -0.496 e. The van der Waals surface area contributed by atoms with Gasteiger partial charge in [0.15, 0.2) is 0 Å². The number of methoxy groups -OCH3 is 1. The van der Waals surface area contributed by atoms with Crippen LogP contribution in [0.2, 0.25) is 0 Å². The average molecular weight is 291 g/mol.